The van der Waals surface area contributed by atoms with Gasteiger partial charge in [-0.25, -0.2) is 9.69 Å². The van der Waals surface area contributed by atoms with Gasteiger partial charge in [0.2, 0.25) is 0 Å². The SMILES string of the molecule is COc1cc2c(cc1OC)C(c1ccccc1)N(CN1C(=O)NC3(CCCCC3)C1=O)CC2. The normalized spacial score (nSPS) is 22.2. The van der Waals surface area contributed by atoms with Gasteiger partial charge in [-0.2, -0.15) is 0 Å². The fraction of sp³-hybridized carbons (Fsp3) is 0.462. The lowest BCUT2D eigenvalue weighted by Gasteiger charge is -2.39. The van der Waals surface area contributed by atoms with E-state index in [2.05, 4.69) is 22.3 Å². The van der Waals surface area contributed by atoms with Crippen LogP contribution in [0.25, 0.3) is 0 Å². The van der Waals surface area contributed by atoms with Crippen LogP contribution in [0.15, 0.2) is 42.5 Å². The van der Waals surface area contributed by atoms with Gasteiger partial charge in [0, 0.05) is 6.54 Å². The monoisotopic (exact) mass is 449 g/mol. The molecular weight excluding hydrogens is 418 g/mol. The lowest BCUT2D eigenvalue weighted by molar-refractivity contribution is -0.134. The van der Waals surface area contributed by atoms with Crippen LogP contribution in [0, 0.1) is 0 Å². The van der Waals surface area contributed by atoms with Crippen molar-refractivity contribution in [2.75, 3.05) is 27.4 Å². The average Bonchev–Trinajstić information content (AvgIpc) is 3.07. The molecule has 2 aliphatic heterocycles. The quantitative estimate of drug-likeness (QED) is 0.702. The van der Waals surface area contributed by atoms with Crippen LogP contribution in [0.1, 0.15) is 54.8 Å². The maximum atomic E-state index is 13.4. The number of amides is 3. The molecule has 2 heterocycles. The van der Waals surface area contributed by atoms with E-state index in [1.165, 1.54) is 10.5 Å². The van der Waals surface area contributed by atoms with Crippen LogP contribution >= 0.6 is 0 Å². The second-order valence-corrected chi connectivity index (χ2v) is 9.23. The highest BCUT2D eigenvalue weighted by molar-refractivity contribution is 6.07. The molecule has 2 aromatic carbocycles. The molecule has 1 spiro atoms. The van der Waals surface area contributed by atoms with E-state index in [1.807, 2.05) is 30.3 Å². The smallest absolute Gasteiger partial charge is 0.326 e. The molecule has 2 fully saturated rings. The van der Waals surface area contributed by atoms with Crippen LogP contribution in [0.5, 0.6) is 11.5 Å². The maximum Gasteiger partial charge on any atom is 0.326 e. The highest BCUT2D eigenvalue weighted by Crippen LogP contribution is 2.42. The van der Waals surface area contributed by atoms with Crippen LogP contribution in [0.4, 0.5) is 4.79 Å². The number of carbonyl (C=O) groups is 2. The molecule has 0 bridgehead atoms. The first kappa shape index (κ1) is 21.8. The molecule has 1 atom stereocenters. The number of ether oxygens (including phenoxy) is 2. The number of nitrogens with one attached hydrogen (secondary N) is 1. The predicted molar refractivity (Wildman–Crippen MR) is 124 cm³/mol. The Morgan fingerprint density at radius 1 is 1.00 bits per heavy atom. The van der Waals surface area contributed by atoms with Gasteiger partial charge in [0.1, 0.15) is 5.54 Å². The lowest BCUT2D eigenvalue weighted by Crippen LogP contribution is -2.50. The third kappa shape index (κ3) is 3.74. The second kappa shape index (κ2) is 8.71. The van der Waals surface area contributed by atoms with Crippen LogP contribution in [-0.2, 0) is 11.2 Å². The average molecular weight is 450 g/mol. The maximum absolute atomic E-state index is 13.4. The molecule has 3 amide bonds. The minimum absolute atomic E-state index is 0.0721. The van der Waals surface area contributed by atoms with Crippen molar-refractivity contribution in [2.45, 2.75) is 50.1 Å². The molecule has 0 aromatic heterocycles. The Kier molecular flexibility index (Phi) is 5.74. The van der Waals surface area contributed by atoms with Crippen molar-refractivity contribution in [3.8, 4) is 11.5 Å². The van der Waals surface area contributed by atoms with Gasteiger partial charge >= 0.3 is 6.03 Å². The number of hydrogen-bond acceptors (Lipinski definition) is 5. The van der Waals surface area contributed by atoms with Crippen molar-refractivity contribution in [2.24, 2.45) is 0 Å². The third-order valence-corrected chi connectivity index (χ3v) is 7.36. The van der Waals surface area contributed by atoms with Gasteiger partial charge < -0.3 is 14.8 Å². The molecule has 33 heavy (non-hydrogen) atoms. The molecule has 1 saturated heterocycles. The highest BCUT2D eigenvalue weighted by atomic mass is 16.5. The van der Waals surface area contributed by atoms with E-state index < -0.39 is 5.54 Å². The molecule has 7 heteroatoms. The first-order chi connectivity index (χ1) is 16.1. The van der Waals surface area contributed by atoms with Gasteiger partial charge in [-0.15, -0.1) is 0 Å². The topological polar surface area (TPSA) is 71.1 Å². The van der Waals surface area contributed by atoms with Crippen molar-refractivity contribution in [3.63, 3.8) is 0 Å². The second-order valence-electron chi connectivity index (χ2n) is 9.23. The number of rotatable bonds is 5. The Balaban J connectivity index is 1.50. The number of methoxy groups -OCH3 is 2. The molecule has 3 aliphatic rings. The van der Waals surface area contributed by atoms with E-state index in [-0.39, 0.29) is 24.6 Å². The molecule has 2 aromatic rings. The number of carbonyl (C=O) groups excluding carboxylic acids is 2. The van der Waals surface area contributed by atoms with E-state index >= 15 is 0 Å². The molecule has 7 nitrogen and oxygen atoms in total. The van der Waals surface area contributed by atoms with Gasteiger partial charge in [-0.3, -0.25) is 9.69 Å². The summed E-state index contributed by atoms with van der Waals surface area (Å²) in [5, 5.41) is 3.04. The van der Waals surface area contributed by atoms with Crippen molar-refractivity contribution >= 4 is 11.9 Å². The summed E-state index contributed by atoms with van der Waals surface area (Å²) < 4.78 is 11.1. The summed E-state index contributed by atoms with van der Waals surface area (Å²) in [6.45, 7) is 0.992. The first-order valence-electron chi connectivity index (χ1n) is 11.7. The van der Waals surface area contributed by atoms with E-state index in [0.717, 1.165) is 56.2 Å². The van der Waals surface area contributed by atoms with Crippen molar-refractivity contribution in [3.05, 3.63) is 59.2 Å². The predicted octanol–water partition coefficient (Wildman–Crippen LogP) is 3.86. The molecule has 1 aliphatic carbocycles. The number of imide groups is 1. The van der Waals surface area contributed by atoms with Crippen LogP contribution in [0.2, 0.25) is 0 Å². The summed E-state index contributed by atoms with van der Waals surface area (Å²) in [6.07, 6.45) is 5.34. The molecule has 174 valence electrons. The van der Waals surface area contributed by atoms with E-state index in [1.54, 1.807) is 14.2 Å². The van der Waals surface area contributed by atoms with E-state index in [0.29, 0.717) is 11.5 Å². The van der Waals surface area contributed by atoms with Crippen molar-refractivity contribution < 1.29 is 19.1 Å². The molecule has 1 saturated carbocycles. The van der Waals surface area contributed by atoms with Gasteiger partial charge in [0.05, 0.1) is 26.9 Å². The molecule has 1 unspecified atom stereocenters. The number of nitrogens with zero attached hydrogens (tertiary/aromatic N) is 2. The zero-order valence-corrected chi connectivity index (χ0v) is 19.3. The van der Waals surface area contributed by atoms with Gasteiger partial charge in [-0.05, 0) is 48.1 Å². The lowest BCUT2D eigenvalue weighted by atomic mass is 9.82. The highest BCUT2D eigenvalue weighted by Gasteiger charge is 2.52. The summed E-state index contributed by atoms with van der Waals surface area (Å²) in [5.41, 5.74) is 2.72. The minimum atomic E-state index is -0.706. The summed E-state index contributed by atoms with van der Waals surface area (Å²) in [5.74, 6) is 1.32. The zero-order chi connectivity index (χ0) is 23.0. The largest absolute Gasteiger partial charge is 0.493 e. The third-order valence-electron chi connectivity index (χ3n) is 7.36. The first-order valence-corrected chi connectivity index (χ1v) is 11.7. The van der Waals surface area contributed by atoms with Gasteiger partial charge in [0.15, 0.2) is 11.5 Å². The summed E-state index contributed by atoms with van der Waals surface area (Å²) >= 11 is 0. The zero-order valence-electron chi connectivity index (χ0n) is 19.3. The van der Waals surface area contributed by atoms with E-state index in [9.17, 15) is 9.59 Å². The Morgan fingerprint density at radius 3 is 2.39 bits per heavy atom. The number of hydrogen-bond donors (Lipinski definition) is 1. The number of benzene rings is 2. The van der Waals surface area contributed by atoms with Gasteiger partial charge in [0.25, 0.3) is 5.91 Å². The Bertz CT molecular complexity index is 1050. The number of urea groups is 1. The fourth-order valence-corrected chi connectivity index (χ4v) is 5.66. The fourth-order valence-electron chi connectivity index (χ4n) is 5.66. The van der Waals surface area contributed by atoms with Crippen LogP contribution in [0.3, 0.4) is 0 Å². The van der Waals surface area contributed by atoms with Gasteiger partial charge in [-0.1, -0.05) is 49.6 Å². The van der Waals surface area contributed by atoms with Crippen molar-refractivity contribution in [1.29, 1.82) is 0 Å². The Hall–Kier alpha value is -3.06. The molecule has 1 N–H and O–H groups in total. The summed E-state index contributed by atoms with van der Waals surface area (Å²) in [4.78, 5) is 30.0. The standard InChI is InChI=1S/C26H31N3O4/c1-32-21-15-19-11-14-28(17-29-24(30)26(27-25(29)31)12-7-4-8-13-26)23(18-9-5-3-6-10-18)20(19)16-22(21)33-2/h3,5-6,9-10,15-16,23H,4,7-8,11-14,17H2,1-2H3,(H,27,31). The minimum Gasteiger partial charge on any atom is -0.493 e. The molecular formula is C26H31N3O4. The Morgan fingerprint density at radius 2 is 1.70 bits per heavy atom. The molecule has 5 rings (SSSR count). The van der Waals surface area contributed by atoms with Crippen molar-refractivity contribution in [1.82, 2.24) is 15.1 Å². The summed E-state index contributed by atoms with van der Waals surface area (Å²) in [7, 11) is 3.28. The summed E-state index contributed by atoms with van der Waals surface area (Å²) in [6, 6.07) is 13.9. The number of fused-ring (bicyclic) bond motifs is 1. The Labute approximate surface area is 194 Å². The van der Waals surface area contributed by atoms with Crippen LogP contribution < -0.4 is 14.8 Å². The van der Waals surface area contributed by atoms with E-state index in [4.69, 9.17) is 9.47 Å². The van der Waals surface area contributed by atoms with Crippen LogP contribution in [-0.4, -0.2) is 54.7 Å². The molecule has 0 radical (unpaired) electrons.